The van der Waals surface area contributed by atoms with Crippen LogP contribution in [0.25, 0.3) is 15.3 Å². The second kappa shape index (κ2) is 4.15. The number of pyridine rings is 1. The zero-order valence-electron chi connectivity index (χ0n) is 8.63. The quantitative estimate of drug-likeness (QED) is 0.645. The van der Waals surface area contributed by atoms with E-state index >= 15 is 0 Å². The molecule has 0 aliphatic heterocycles. The Hall–Kier alpha value is -1.35. The molecule has 0 bridgehead atoms. The summed E-state index contributed by atoms with van der Waals surface area (Å²) < 4.78 is 2.82. The van der Waals surface area contributed by atoms with Crippen molar-refractivity contribution in [1.29, 1.82) is 0 Å². The maximum absolute atomic E-state index is 12.2. The first-order valence-electron chi connectivity index (χ1n) is 4.98. The Morgan fingerprint density at radius 1 is 1.18 bits per heavy atom. The third-order valence-electron chi connectivity index (χ3n) is 2.45. The molecule has 3 aromatic rings. The molecule has 0 saturated heterocycles. The van der Waals surface area contributed by atoms with Gasteiger partial charge in [-0.1, -0.05) is 0 Å². The van der Waals surface area contributed by atoms with Gasteiger partial charge in [0.2, 0.25) is 0 Å². The number of nitrogens with zero attached hydrogens (tertiary/aromatic N) is 2. The van der Waals surface area contributed by atoms with E-state index in [0.717, 1.165) is 15.3 Å². The molecule has 0 aliphatic rings. The number of halogens is 1. The molecule has 84 valence electrons. The van der Waals surface area contributed by atoms with E-state index in [9.17, 15) is 4.79 Å². The van der Waals surface area contributed by atoms with E-state index in [1.54, 1.807) is 28.1 Å². The zero-order valence-corrected chi connectivity index (χ0v) is 11.1. The fraction of sp³-hybridized carbons (Fsp3) is 0. The second-order valence-electron chi connectivity index (χ2n) is 3.54. The van der Waals surface area contributed by atoms with Crippen molar-refractivity contribution in [2.45, 2.75) is 0 Å². The van der Waals surface area contributed by atoms with E-state index in [2.05, 4.69) is 4.98 Å². The third kappa shape index (κ3) is 1.84. The van der Waals surface area contributed by atoms with Gasteiger partial charge in [0.15, 0.2) is 0 Å². The van der Waals surface area contributed by atoms with Crippen LogP contribution in [0.15, 0.2) is 47.5 Å². The summed E-state index contributed by atoms with van der Waals surface area (Å²) in [6.07, 6.45) is 3.38. The van der Waals surface area contributed by atoms with Crippen molar-refractivity contribution >= 4 is 36.0 Å². The Kier molecular flexibility index (Phi) is 2.63. The monoisotopic (exact) mass is 310 g/mol. The molecule has 17 heavy (non-hydrogen) atoms. The topological polar surface area (TPSA) is 34.9 Å². The summed E-state index contributed by atoms with van der Waals surface area (Å²) >= 11 is 5.89. The SMILES string of the molecule is O=c1c2ccc(Cl)cc2[se]n1-c1ccncc1. The molecule has 5 heteroatoms. The van der Waals surface area contributed by atoms with Crippen LogP contribution < -0.4 is 5.56 Å². The third-order valence-corrected chi connectivity index (χ3v) is 4.98. The van der Waals surface area contributed by atoms with Crippen molar-refractivity contribution in [3.8, 4) is 5.69 Å². The first-order valence-corrected chi connectivity index (χ1v) is 6.98. The molecule has 3 rings (SSSR count). The van der Waals surface area contributed by atoms with Crippen LogP contribution in [0.5, 0.6) is 0 Å². The molecule has 0 unspecified atom stereocenters. The van der Waals surface area contributed by atoms with Crippen LogP contribution in [-0.2, 0) is 0 Å². The Morgan fingerprint density at radius 2 is 1.94 bits per heavy atom. The molecule has 0 saturated carbocycles. The summed E-state index contributed by atoms with van der Waals surface area (Å²) in [7, 11) is 0. The number of hydrogen-bond acceptors (Lipinski definition) is 2. The van der Waals surface area contributed by atoms with Crippen molar-refractivity contribution in [3.05, 3.63) is 58.1 Å². The number of hydrogen-bond donors (Lipinski definition) is 0. The standard InChI is InChI=1S/C12H7ClN2OSe/c13-8-1-2-10-11(7-8)17-15(12(10)16)9-3-5-14-6-4-9/h1-7H. The van der Waals surface area contributed by atoms with Crippen LogP contribution in [0.1, 0.15) is 0 Å². The number of rotatable bonds is 1. The normalized spacial score (nSPS) is 10.9. The van der Waals surface area contributed by atoms with E-state index in [0.29, 0.717) is 5.02 Å². The second-order valence-corrected chi connectivity index (χ2v) is 6.05. The molecule has 1 aromatic carbocycles. The molecule has 0 spiro atoms. The number of aromatic nitrogens is 2. The van der Waals surface area contributed by atoms with Crippen molar-refractivity contribution in [1.82, 2.24) is 8.55 Å². The molecule has 0 N–H and O–H groups in total. The van der Waals surface area contributed by atoms with Gasteiger partial charge < -0.3 is 0 Å². The van der Waals surface area contributed by atoms with E-state index in [4.69, 9.17) is 11.6 Å². The number of fused-ring (bicyclic) bond motifs is 1. The summed E-state index contributed by atoms with van der Waals surface area (Å²) in [6.45, 7) is 0. The van der Waals surface area contributed by atoms with Gasteiger partial charge in [0.25, 0.3) is 0 Å². The van der Waals surface area contributed by atoms with Crippen molar-refractivity contribution in [3.63, 3.8) is 0 Å². The molecule has 2 aromatic heterocycles. The Balaban J connectivity index is 2.32. The van der Waals surface area contributed by atoms with Crippen molar-refractivity contribution in [2.75, 3.05) is 0 Å². The molecule has 0 aliphatic carbocycles. The Labute approximate surface area is 108 Å². The summed E-state index contributed by atoms with van der Waals surface area (Å²) in [4.78, 5) is 16.1. The van der Waals surface area contributed by atoms with E-state index in [1.807, 2.05) is 18.2 Å². The minimum absolute atomic E-state index is 0.0430. The van der Waals surface area contributed by atoms with Crippen LogP contribution in [0, 0.1) is 0 Å². The van der Waals surface area contributed by atoms with Crippen molar-refractivity contribution < 1.29 is 0 Å². The van der Waals surface area contributed by atoms with E-state index in [1.165, 1.54) is 0 Å². The summed E-state index contributed by atoms with van der Waals surface area (Å²) in [5, 5.41) is 1.43. The summed E-state index contributed by atoms with van der Waals surface area (Å²) in [6, 6.07) is 9.10. The van der Waals surface area contributed by atoms with E-state index < -0.39 is 0 Å². The predicted octanol–water partition coefficient (Wildman–Crippen LogP) is 2.10. The predicted molar refractivity (Wildman–Crippen MR) is 69.3 cm³/mol. The van der Waals surface area contributed by atoms with Gasteiger partial charge in [-0.05, 0) is 0 Å². The molecule has 3 nitrogen and oxygen atoms in total. The van der Waals surface area contributed by atoms with Gasteiger partial charge in [0, 0.05) is 0 Å². The van der Waals surface area contributed by atoms with Crippen LogP contribution in [0.2, 0.25) is 5.02 Å². The van der Waals surface area contributed by atoms with Gasteiger partial charge in [0.1, 0.15) is 0 Å². The molecule has 2 heterocycles. The van der Waals surface area contributed by atoms with E-state index in [-0.39, 0.29) is 20.3 Å². The molecule has 0 radical (unpaired) electrons. The number of benzene rings is 1. The first-order chi connectivity index (χ1) is 8.25. The van der Waals surface area contributed by atoms with Crippen LogP contribution in [0.4, 0.5) is 0 Å². The van der Waals surface area contributed by atoms with Crippen LogP contribution in [0.3, 0.4) is 0 Å². The average molecular weight is 310 g/mol. The van der Waals surface area contributed by atoms with Gasteiger partial charge in [-0.3, -0.25) is 0 Å². The minimum atomic E-state index is -0.0430. The molecule has 0 amide bonds. The first kappa shape index (κ1) is 10.8. The molecular formula is C12H7ClN2OSe. The Morgan fingerprint density at radius 3 is 2.71 bits per heavy atom. The van der Waals surface area contributed by atoms with Gasteiger partial charge in [-0.15, -0.1) is 0 Å². The van der Waals surface area contributed by atoms with Crippen LogP contribution in [-0.4, -0.2) is 23.3 Å². The summed E-state index contributed by atoms with van der Waals surface area (Å²) in [5.74, 6) is 0. The summed E-state index contributed by atoms with van der Waals surface area (Å²) in [5.41, 5.74) is 0.931. The molecule has 0 atom stereocenters. The van der Waals surface area contributed by atoms with Gasteiger partial charge >= 0.3 is 108 Å². The fourth-order valence-electron chi connectivity index (χ4n) is 1.65. The molecular weight excluding hydrogens is 303 g/mol. The fourth-order valence-corrected chi connectivity index (χ4v) is 4.14. The maximum atomic E-state index is 12.2. The van der Waals surface area contributed by atoms with Gasteiger partial charge in [-0.25, -0.2) is 0 Å². The van der Waals surface area contributed by atoms with Gasteiger partial charge in [-0.2, -0.15) is 0 Å². The van der Waals surface area contributed by atoms with Crippen LogP contribution >= 0.6 is 11.6 Å². The Bertz CT molecular complexity index is 733. The van der Waals surface area contributed by atoms with Crippen molar-refractivity contribution in [2.24, 2.45) is 0 Å². The van der Waals surface area contributed by atoms with Gasteiger partial charge in [0.05, 0.1) is 0 Å². The zero-order chi connectivity index (χ0) is 11.8. The average Bonchev–Trinajstić information content (AvgIpc) is 2.67. The molecule has 0 fully saturated rings.